The molecule has 0 heterocycles. The third kappa shape index (κ3) is 8.00. The molecule has 9 heteroatoms. The van der Waals surface area contributed by atoms with Crippen molar-refractivity contribution in [2.45, 2.75) is 0 Å². The highest BCUT2D eigenvalue weighted by atomic mass is 31.1. The molecule has 0 fully saturated rings. The molecule has 2 atom stereocenters. The van der Waals surface area contributed by atoms with Crippen LogP contribution in [0.3, 0.4) is 0 Å². The van der Waals surface area contributed by atoms with Gasteiger partial charge >= 0.3 is 16.5 Å². The van der Waals surface area contributed by atoms with Crippen LogP contribution < -0.4 is 0 Å². The highest BCUT2D eigenvalue weighted by molar-refractivity contribution is 7.32. The molecule has 0 rings (SSSR count). The van der Waals surface area contributed by atoms with E-state index in [1.165, 1.54) is 0 Å². The summed E-state index contributed by atoms with van der Waals surface area (Å²) in [4.78, 5) is 15.5. The van der Waals surface area contributed by atoms with Gasteiger partial charge in [-0.1, -0.05) is 0 Å². The van der Waals surface area contributed by atoms with Gasteiger partial charge in [0.25, 0.3) is 0 Å². The van der Waals surface area contributed by atoms with Gasteiger partial charge in [0, 0.05) is 14.2 Å². The summed E-state index contributed by atoms with van der Waals surface area (Å²) in [6, 6.07) is 0. The molecule has 0 saturated carbocycles. The molecule has 0 radical (unpaired) electrons. The second-order valence-corrected chi connectivity index (χ2v) is 1.94. The van der Waals surface area contributed by atoms with Gasteiger partial charge in [-0.25, -0.2) is 0 Å². The first-order valence-corrected chi connectivity index (χ1v) is 3.72. The predicted molar refractivity (Wildman–Crippen MR) is 22.9 cm³/mol. The predicted octanol–water partition coefficient (Wildman–Crippen LogP) is 0.166. The smallest absolute Gasteiger partial charge is 0.132 e. The average Bonchev–Trinajstić information content (AvgIpc) is 1.63. The molecule has 0 aromatic heterocycles. The van der Waals surface area contributed by atoms with Gasteiger partial charge in [0.05, 0.1) is 9.35 Å². The topological polar surface area (TPSA) is 102 Å². The zero-order chi connectivity index (χ0) is 7.28. The normalized spacial score (nSPS) is 13.1. The van der Waals surface area contributed by atoms with Crippen LogP contribution in [0.1, 0.15) is 0 Å². The van der Waals surface area contributed by atoms with Gasteiger partial charge in [0.2, 0.25) is 0 Å². The largest absolute Gasteiger partial charge is 0.728 e. The molecule has 9 heavy (non-hydrogen) atoms. The molecule has 7 nitrogen and oxygen atoms in total. The van der Waals surface area contributed by atoms with E-state index >= 15 is 0 Å². The van der Waals surface area contributed by atoms with Gasteiger partial charge in [-0.05, 0) is 0 Å². The average molecular weight is 176 g/mol. The van der Waals surface area contributed by atoms with Crippen molar-refractivity contribution in [1.82, 2.24) is 0 Å². The Morgan fingerprint density at radius 2 is 1.33 bits per heavy atom. The molecular weight excluding hydrogens is 174 g/mol. The van der Waals surface area contributed by atoms with Gasteiger partial charge in [-0.3, -0.25) is 0 Å². The van der Waals surface area contributed by atoms with E-state index < -0.39 is 16.5 Å². The lowest BCUT2D eigenvalue weighted by Gasteiger charge is -1.71. The fourth-order valence-electron chi connectivity index (χ4n) is 0.0657. The molecule has 0 aromatic carbocycles. The minimum Gasteiger partial charge on any atom is -0.132 e. The zero-order valence-electron chi connectivity index (χ0n) is 3.83. The van der Waals surface area contributed by atoms with Crippen molar-refractivity contribution >= 4 is 16.5 Å². The zero-order valence-corrected chi connectivity index (χ0v) is 5.62. The quantitative estimate of drug-likeness (QED) is 0.357. The summed E-state index contributed by atoms with van der Waals surface area (Å²) < 4.78 is 25.8. The monoisotopic (exact) mass is 176 g/mol. The molecule has 0 aliphatic heterocycles. The molecular formula is H2O7P2+2. The molecule has 0 spiro atoms. The summed E-state index contributed by atoms with van der Waals surface area (Å²) in [7, 11) is -5.94. The summed E-state index contributed by atoms with van der Waals surface area (Å²) in [6.45, 7) is 0. The van der Waals surface area contributed by atoms with Crippen molar-refractivity contribution in [2.24, 2.45) is 0 Å². The Bertz CT molecular complexity index is 102. The Morgan fingerprint density at radius 1 is 1.00 bits per heavy atom. The summed E-state index contributed by atoms with van der Waals surface area (Å²) >= 11 is 0. The number of hydrogen-bond acceptors (Lipinski definition) is 5. The SMILES string of the molecule is O=[P+](O)OOO[P+](=O)O. The van der Waals surface area contributed by atoms with Crippen LogP contribution in [0.4, 0.5) is 0 Å². The van der Waals surface area contributed by atoms with Crippen molar-refractivity contribution in [3.63, 3.8) is 0 Å². The van der Waals surface area contributed by atoms with Crippen molar-refractivity contribution in [3.8, 4) is 0 Å². The molecule has 2 N–H and O–H groups in total. The molecule has 0 saturated heterocycles. The second-order valence-electron chi connectivity index (χ2n) is 0.693. The molecule has 0 aromatic rings. The van der Waals surface area contributed by atoms with Gasteiger partial charge < -0.3 is 0 Å². The van der Waals surface area contributed by atoms with Crippen LogP contribution >= 0.6 is 16.5 Å². The fraction of sp³-hybridized carbons (Fsp3) is 0. The molecule has 2 unspecified atom stereocenters. The van der Waals surface area contributed by atoms with Crippen molar-refractivity contribution < 1.29 is 33.3 Å². The molecule has 0 amide bonds. The first-order valence-electron chi connectivity index (χ1n) is 1.46. The summed E-state index contributed by atoms with van der Waals surface area (Å²) in [5, 5.41) is 3.29. The lowest BCUT2D eigenvalue weighted by molar-refractivity contribution is -0.413. The third-order valence-corrected chi connectivity index (χ3v) is 0.565. The maximum Gasteiger partial charge on any atom is 0.728 e. The minimum absolute atomic E-state index is 2.97. The van der Waals surface area contributed by atoms with Crippen LogP contribution in [0, 0.1) is 0 Å². The van der Waals surface area contributed by atoms with E-state index in [-0.39, 0.29) is 0 Å². The molecule has 0 bridgehead atoms. The van der Waals surface area contributed by atoms with Crippen molar-refractivity contribution in [1.29, 1.82) is 0 Å². The lowest BCUT2D eigenvalue weighted by Crippen LogP contribution is -1.80. The highest BCUT2D eigenvalue weighted by Gasteiger charge is 2.22. The maximum atomic E-state index is 9.53. The van der Waals surface area contributed by atoms with Gasteiger partial charge in [-0.15, -0.1) is 9.79 Å². The van der Waals surface area contributed by atoms with E-state index in [2.05, 4.69) is 14.4 Å². The Hall–Kier alpha value is -0.0000000000000000486. The van der Waals surface area contributed by atoms with Crippen LogP contribution in [0.25, 0.3) is 0 Å². The first kappa shape index (κ1) is 9.00. The van der Waals surface area contributed by atoms with Crippen LogP contribution in [-0.2, 0) is 23.5 Å². The van der Waals surface area contributed by atoms with Crippen LogP contribution in [-0.4, -0.2) is 9.79 Å². The van der Waals surface area contributed by atoms with E-state index in [1.807, 2.05) is 0 Å². The van der Waals surface area contributed by atoms with E-state index in [1.54, 1.807) is 0 Å². The van der Waals surface area contributed by atoms with Gasteiger partial charge in [-0.2, -0.15) is 0 Å². The summed E-state index contributed by atoms with van der Waals surface area (Å²) in [6.07, 6.45) is 0. The van der Waals surface area contributed by atoms with Gasteiger partial charge in [0.1, 0.15) is 0 Å². The van der Waals surface area contributed by atoms with E-state index in [0.717, 1.165) is 0 Å². The van der Waals surface area contributed by atoms with Crippen LogP contribution in [0.15, 0.2) is 0 Å². The van der Waals surface area contributed by atoms with Crippen LogP contribution in [0.2, 0.25) is 0 Å². The lowest BCUT2D eigenvalue weighted by atomic mass is 14.6. The maximum absolute atomic E-state index is 9.53. The Labute approximate surface area is 50.9 Å². The minimum atomic E-state index is -2.97. The second kappa shape index (κ2) is 4.84. The van der Waals surface area contributed by atoms with Crippen LogP contribution in [0.5, 0.6) is 0 Å². The number of rotatable bonds is 4. The van der Waals surface area contributed by atoms with E-state index in [0.29, 0.717) is 0 Å². The third-order valence-electron chi connectivity index (χ3n) is 0.188. The van der Waals surface area contributed by atoms with E-state index in [4.69, 9.17) is 9.79 Å². The van der Waals surface area contributed by atoms with Gasteiger partial charge in [0.15, 0.2) is 0 Å². The molecule has 0 aliphatic rings. The Morgan fingerprint density at radius 3 is 1.56 bits per heavy atom. The number of hydrogen-bond donors (Lipinski definition) is 2. The molecule has 52 valence electrons. The first-order chi connectivity index (χ1) is 4.13. The highest BCUT2D eigenvalue weighted by Crippen LogP contribution is 2.20. The Kier molecular flexibility index (Phi) is 4.84. The van der Waals surface area contributed by atoms with Crippen molar-refractivity contribution in [2.75, 3.05) is 0 Å². The standard InChI is InChI=1S/O7P2/c1-8(2)6-5-7-9(3)4/p+2. The summed E-state index contributed by atoms with van der Waals surface area (Å²) in [5.74, 6) is 0. The van der Waals surface area contributed by atoms with E-state index in [9.17, 15) is 9.13 Å². The van der Waals surface area contributed by atoms with Crippen molar-refractivity contribution in [3.05, 3.63) is 0 Å². The fourth-order valence-corrected chi connectivity index (χ4v) is 0.279. The molecule has 0 aliphatic carbocycles. The summed E-state index contributed by atoms with van der Waals surface area (Å²) in [5.41, 5.74) is 0. The Balaban J connectivity index is 3.10.